The minimum atomic E-state index is 0.471. The Kier molecular flexibility index (Phi) is 3.94. The van der Waals surface area contributed by atoms with Gasteiger partial charge in [0.2, 0.25) is 6.29 Å². The highest BCUT2D eigenvalue weighted by Gasteiger charge is 2.19. The van der Waals surface area contributed by atoms with Crippen LogP contribution in [0.5, 0.6) is 0 Å². The zero-order chi connectivity index (χ0) is 12.1. The van der Waals surface area contributed by atoms with Crippen molar-refractivity contribution < 1.29 is 4.79 Å². The van der Waals surface area contributed by atoms with Gasteiger partial charge in [0.15, 0.2) is 0 Å². The molecule has 1 fully saturated rings. The summed E-state index contributed by atoms with van der Waals surface area (Å²) in [7, 11) is 0. The minimum Gasteiger partial charge on any atom is -0.366 e. The van der Waals surface area contributed by atoms with Crippen LogP contribution in [-0.2, 0) is 4.79 Å². The fourth-order valence-electron chi connectivity index (χ4n) is 2.21. The average molecular weight is 229 g/mol. The Balaban J connectivity index is 2.29. The van der Waals surface area contributed by atoms with E-state index >= 15 is 0 Å². The van der Waals surface area contributed by atoms with E-state index in [1.54, 1.807) is 6.29 Å². The maximum atomic E-state index is 10.3. The van der Waals surface area contributed by atoms with E-state index in [9.17, 15) is 4.79 Å². The van der Waals surface area contributed by atoms with Crippen LogP contribution in [0.4, 0.5) is 5.69 Å². The van der Waals surface area contributed by atoms with Crippen molar-refractivity contribution in [2.75, 3.05) is 24.5 Å². The smallest absolute Gasteiger partial charge is 0.225 e. The van der Waals surface area contributed by atoms with Crippen molar-refractivity contribution in [3.63, 3.8) is 0 Å². The molecule has 1 aliphatic heterocycles. The first kappa shape index (κ1) is 11.9. The van der Waals surface area contributed by atoms with Gasteiger partial charge in [-0.1, -0.05) is 18.2 Å². The molecule has 0 aliphatic carbocycles. The van der Waals surface area contributed by atoms with Crippen LogP contribution in [0.15, 0.2) is 30.3 Å². The molecule has 1 radical (unpaired) electrons. The van der Waals surface area contributed by atoms with E-state index < -0.39 is 0 Å². The molecular formula is C14H17N2O. The summed E-state index contributed by atoms with van der Waals surface area (Å²) in [6.45, 7) is 5.20. The zero-order valence-corrected chi connectivity index (χ0v) is 10.0. The van der Waals surface area contributed by atoms with Gasteiger partial charge in [-0.15, -0.1) is 0 Å². The third kappa shape index (κ3) is 2.74. The molecule has 1 N–H and O–H groups in total. The monoisotopic (exact) mass is 229 g/mol. The fourth-order valence-corrected chi connectivity index (χ4v) is 2.21. The number of hydrogen-bond donors (Lipinski definition) is 1. The SMILES string of the molecule is CC1CNCCN1c1ccccc1/C=C/[C]=O. The molecule has 1 unspecified atom stereocenters. The summed E-state index contributed by atoms with van der Waals surface area (Å²) in [5.74, 6) is 0. The number of hydrogen-bond acceptors (Lipinski definition) is 3. The molecular weight excluding hydrogens is 212 g/mol. The molecule has 3 nitrogen and oxygen atoms in total. The number of rotatable bonds is 3. The largest absolute Gasteiger partial charge is 0.366 e. The Morgan fingerprint density at radius 2 is 2.29 bits per heavy atom. The predicted molar refractivity (Wildman–Crippen MR) is 70.8 cm³/mol. The van der Waals surface area contributed by atoms with Crippen molar-refractivity contribution in [1.29, 1.82) is 0 Å². The van der Waals surface area contributed by atoms with Crippen molar-refractivity contribution in [2.24, 2.45) is 0 Å². The van der Waals surface area contributed by atoms with Gasteiger partial charge in [0.1, 0.15) is 0 Å². The Bertz CT molecular complexity index is 414. The van der Waals surface area contributed by atoms with Crippen LogP contribution in [-0.4, -0.2) is 32.0 Å². The molecule has 17 heavy (non-hydrogen) atoms. The van der Waals surface area contributed by atoms with Crippen molar-refractivity contribution in [3.8, 4) is 0 Å². The number of carbonyl (C=O) groups excluding carboxylic acids is 1. The van der Waals surface area contributed by atoms with E-state index in [1.165, 1.54) is 11.8 Å². The van der Waals surface area contributed by atoms with Gasteiger partial charge in [-0.25, -0.2) is 0 Å². The van der Waals surface area contributed by atoms with Crippen LogP contribution in [0.1, 0.15) is 12.5 Å². The molecule has 0 aromatic heterocycles. The molecule has 3 heteroatoms. The average Bonchev–Trinajstić information content (AvgIpc) is 2.37. The molecule has 1 atom stereocenters. The summed E-state index contributed by atoms with van der Waals surface area (Å²) in [6, 6.07) is 8.62. The van der Waals surface area contributed by atoms with Gasteiger partial charge in [0, 0.05) is 31.4 Å². The summed E-state index contributed by atoms with van der Waals surface area (Å²) in [5.41, 5.74) is 2.26. The first-order valence-electron chi connectivity index (χ1n) is 5.93. The Labute approximate surface area is 102 Å². The lowest BCUT2D eigenvalue weighted by Gasteiger charge is -2.36. The summed E-state index contributed by atoms with van der Waals surface area (Å²) in [6.07, 6.45) is 5.03. The van der Waals surface area contributed by atoms with Gasteiger partial charge in [-0.05, 0) is 30.7 Å². The van der Waals surface area contributed by atoms with Crippen molar-refractivity contribution in [3.05, 3.63) is 35.9 Å². The van der Waals surface area contributed by atoms with E-state index in [4.69, 9.17) is 0 Å². The van der Waals surface area contributed by atoms with Crippen LogP contribution >= 0.6 is 0 Å². The van der Waals surface area contributed by atoms with Crippen LogP contribution in [0, 0.1) is 0 Å². The lowest BCUT2D eigenvalue weighted by atomic mass is 10.1. The van der Waals surface area contributed by atoms with E-state index in [0.29, 0.717) is 6.04 Å². The molecule has 89 valence electrons. The maximum Gasteiger partial charge on any atom is 0.225 e. The molecule has 0 spiro atoms. The van der Waals surface area contributed by atoms with E-state index in [-0.39, 0.29) is 0 Å². The van der Waals surface area contributed by atoms with Crippen LogP contribution in [0.3, 0.4) is 0 Å². The molecule has 1 aliphatic rings. The summed E-state index contributed by atoms with van der Waals surface area (Å²) >= 11 is 0. The predicted octanol–water partition coefficient (Wildman–Crippen LogP) is 1.61. The summed E-state index contributed by atoms with van der Waals surface area (Å²) in [4.78, 5) is 12.7. The maximum absolute atomic E-state index is 10.3. The van der Waals surface area contributed by atoms with Gasteiger partial charge in [-0.3, -0.25) is 4.79 Å². The van der Waals surface area contributed by atoms with Crippen LogP contribution < -0.4 is 10.2 Å². The minimum absolute atomic E-state index is 0.471. The van der Waals surface area contributed by atoms with Gasteiger partial charge < -0.3 is 10.2 Å². The van der Waals surface area contributed by atoms with Crippen molar-refractivity contribution in [2.45, 2.75) is 13.0 Å². The quantitative estimate of drug-likeness (QED) is 0.799. The third-order valence-electron chi connectivity index (χ3n) is 3.08. The number of anilines is 1. The molecule has 1 heterocycles. The molecule has 1 aromatic rings. The van der Waals surface area contributed by atoms with Gasteiger partial charge in [0.25, 0.3) is 0 Å². The van der Waals surface area contributed by atoms with Gasteiger partial charge in [-0.2, -0.15) is 0 Å². The van der Waals surface area contributed by atoms with Crippen molar-refractivity contribution >= 4 is 18.0 Å². The second-order valence-electron chi connectivity index (χ2n) is 4.26. The number of piperazine rings is 1. The zero-order valence-electron chi connectivity index (χ0n) is 10.0. The molecule has 0 bridgehead atoms. The second kappa shape index (κ2) is 5.64. The van der Waals surface area contributed by atoms with Gasteiger partial charge in [0.05, 0.1) is 0 Å². The Morgan fingerprint density at radius 3 is 3.06 bits per heavy atom. The van der Waals surface area contributed by atoms with E-state index in [0.717, 1.165) is 25.2 Å². The highest BCUT2D eigenvalue weighted by molar-refractivity contribution is 5.78. The number of benzene rings is 1. The fraction of sp³-hybridized carbons (Fsp3) is 0.357. The number of nitrogens with zero attached hydrogens (tertiary/aromatic N) is 1. The highest BCUT2D eigenvalue weighted by Crippen LogP contribution is 2.24. The highest BCUT2D eigenvalue weighted by atomic mass is 16.1. The van der Waals surface area contributed by atoms with Crippen molar-refractivity contribution in [1.82, 2.24) is 5.32 Å². The number of nitrogens with one attached hydrogen (secondary N) is 1. The molecule has 1 saturated heterocycles. The lowest BCUT2D eigenvalue weighted by Crippen LogP contribution is -2.50. The Morgan fingerprint density at radius 1 is 1.47 bits per heavy atom. The normalized spacial score (nSPS) is 20.8. The molecule has 0 saturated carbocycles. The molecule has 0 amide bonds. The van der Waals surface area contributed by atoms with E-state index in [1.807, 2.05) is 24.3 Å². The molecule has 2 rings (SSSR count). The van der Waals surface area contributed by atoms with Crippen LogP contribution in [0.25, 0.3) is 6.08 Å². The summed E-state index contributed by atoms with van der Waals surface area (Å²) < 4.78 is 0. The van der Waals surface area contributed by atoms with Gasteiger partial charge >= 0.3 is 0 Å². The molecule has 1 aromatic carbocycles. The second-order valence-corrected chi connectivity index (χ2v) is 4.26. The summed E-state index contributed by atoms with van der Waals surface area (Å²) in [5, 5.41) is 3.37. The standard InChI is InChI=1S/C14H17N2O/c1-12-11-15-8-9-16(12)14-7-3-2-5-13(14)6-4-10-17/h2-7,12,15H,8-9,11H2,1H3/b6-4+. The Hall–Kier alpha value is -1.61. The lowest BCUT2D eigenvalue weighted by molar-refractivity contribution is 0.500. The van der Waals surface area contributed by atoms with E-state index in [2.05, 4.69) is 23.2 Å². The first-order chi connectivity index (χ1) is 8.33. The number of allylic oxidation sites excluding steroid dienone is 1. The van der Waals surface area contributed by atoms with Crippen LogP contribution in [0.2, 0.25) is 0 Å². The first-order valence-corrected chi connectivity index (χ1v) is 5.93. The third-order valence-corrected chi connectivity index (χ3v) is 3.08. The number of para-hydroxylation sites is 1. The topological polar surface area (TPSA) is 32.3 Å².